The zero-order valence-electron chi connectivity index (χ0n) is 7.28. The average molecular weight is 201 g/mol. The molecule has 0 fully saturated rings. The molecule has 1 N–H and O–H groups in total. The standard InChI is InChI=1S/C8H9ClN2O2/c1-5(8(12)13)3-7-6(9)4-11(2)10-7/h3-4H,1-2H3,(H,12,13)/b5-3+. The molecule has 0 radical (unpaired) electrons. The van der Waals surface area contributed by atoms with Crippen molar-refractivity contribution in [1.29, 1.82) is 0 Å². The number of carboxylic acid groups (broad SMARTS) is 1. The number of rotatable bonds is 2. The lowest BCUT2D eigenvalue weighted by Crippen LogP contribution is -1.96. The minimum absolute atomic E-state index is 0.209. The number of hydrogen-bond donors (Lipinski definition) is 1. The van der Waals surface area contributed by atoms with Gasteiger partial charge in [-0.05, 0) is 13.0 Å². The highest BCUT2D eigenvalue weighted by Gasteiger charge is 2.05. The predicted molar refractivity (Wildman–Crippen MR) is 49.5 cm³/mol. The number of carbonyl (C=O) groups is 1. The molecule has 5 heteroatoms. The molecule has 0 bridgehead atoms. The van der Waals surface area contributed by atoms with Crippen molar-refractivity contribution in [2.75, 3.05) is 0 Å². The summed E-state index contributed by atoms with van der Waals surface area (Å²) in [6.45, 7) is 1.49. The van der Waals surface area contributed by atoms with E-state index in [2.05, 4.69) is 5.10 Å². The summed E-state index contributed by atoms with van der Waals surface area (Å²) in [7, 11) is 1.72. The van der Waals surface area contributed by atoms with Gasteiger partial charge in [0.25, 0.3) is 0 Å². The Bertz CT molecular complexity index is 368. The lowest BCUT2D eigenvalue weighted by molar-refractivity contribution is -0.132. The van der Waals surface area contributed by atoms with Crippen LogP contribution in [0, 0.1) is 0 Å². The SMILES string of the molecule is C/C(=C\c1nn(C)cc1Cl)C(=O)O. The van der Waals surface area contributed by atoms with Gasteiger partial charge >= 0.3 is 5.97 Å². The summed E-state index contributed by atoms with van der Waals surface area (Å²) in [4.78, 5) is 10.5. The van der Waals surface area contributed by atoms with Crippen molar-refractivity contribution in [2.24, 2.45) is 7.05 Å². The molecule has 0 aromatic carbocycles. The molecule has 0 saturated heterocycles. The minimum atomic E-state index is -0.971. The first kappa shape index (κ1) is 9.80. The second kappa shape index (κ2) is 3.62. The van der Waals surface area contributed by atoms with Gasteiger partial charge in [0.15, 0.2) is 0 Å². The molecule has 0 amide bonds. The van der Waals surface area contributed by atoms with Crippen molar-refractivity contribution in [1.82, 2.24) is 9.78 Å². The second-order valence-corrected chi connectivity index (χ2v) is 3.08. The van der Waals surface area contributed by atoms with Crippen LogP contribution in [0.5, 0.6) is 0 Å². The molecule has 1 heterocycles. The van der Waals surface area contributed by atoms with Gasteiger partial charge in [-0.3, -0.25) is 4.68 Å². The van der Waals surface area contributed by atoms with Gasteiger partial charge < -0.3 is 5.11 Å². The molecule has 70 valence electrons. The Balaban J connectivity index is 3.03. The van der Waals surface area contributed by atoms with E-state index in [0.29, 0.717) is 10.7 Å². The van der Waals surface area contributed by atoms with Gasteiger partial charge in [-0.25, -0.2) is 4.79 Å². The highest BCUT2D eigenvalue weighted by atomic mass is 35.5. The monoisotopic (exact) mass is 200 g/mol. The van der Waals surface area contributed by atoms with E-state index in [9.17, 15) is 4.79 Å². The summed E-state index contributed by atoms with van der Waals surface area (Å²) in [5.74, 6) is -0.971. The molecule has 0 aliphatic heterocycles. The van der Waals surface area contributed by atoms with Crippen LogP contribution in [0.25, 0.3) is 6.08 Å². The topological polar surface area (TPSA) is 55.1 Å². The molecule has 0 aliphatic carbocycles. The third-order valence-electron chi connectivity index (χ3n) is 1.50. The van der Waals surface area contributed by atoms with Gasteiger partial charge in [-0.15, -0.1) is 0 Å². The van der Waals surface area contributed by atoms with E-state index in [4.69, 9.17) is 16.7 Å². The Morgan fingerprint density at radius 3 is 2.77 bits per heavy atom. The fourth-order valence-electron chi connectivity index (χ4n) is 0.841. The largest absolute Gasteiger partial charge is 0.478 e. The maximum Gasteiger partial charge on any atom is 0.331 e. The van der Waals surface area contributed by atoms with E-state index in [1.807, 2.05) is 0 Å². The van der Waals surface area contributed by atoms with Crippen LogP contribution >= 0.6 is 11.6 Å². The molecular formula is C8H9ClN2O2. The first-order valence-corrected chi connectivity index (χ1v) is 3.99. The Labute approximate surface area is 80.4 Å². The zero-order valence-corrected chi connectivity index (χ0v) is 8.04. The van der Waals surface area contributed by atoms with Gasteiger partial charge in [0.05, 0.1) is 5.02 Å². The van der Waals surface area contributed by atoms with E-state index in [0.717, 1.165) is 0 Å². The van der Waals surface area contributed by atoms with E-state index >= 15 is 0 Å². The second-order valence-electron chi connectivity index (χ2n) is 2.67. The number of hydrogen-bond acceptors (Lipinski definition) is 2. The van der Waals surface area contributed by atoms with Crippen molar-refractivity contribution in [2.45, 2.75) is 6.92 Å². The maximum absolute atomic E-state index is 10.5. The number of halogens is 1. The molecule has 1 aromatic heterocycles. The fourth-order valence-corrected chi connectivity index (χ4v) is 1.07. The number of carboxylic acids is 1. The fraction of sp³-hybridized carbons (Fsp3) is 0.250. The zero-order chi connectivity index (χ0) is 10.0. The average Bonchev–Trinajstić information content (AvgIpc) is 2.30. The molecule has 0 atom stereocenters. The quantitative estimate of drug-likeness (QED) is 0.738. The van der Waals surface area contributed by atoms with Crippen LogP contribution in [-0.2, 0) is 11.8 Å². The highest BCUT2D eigenvalue weighted by molar-refractivity contribution is 6.31. The summed E-state index contributed by atoms with van der Waals surface area (Å²) in [5.41, 5.74) is 0.685. The van der Waals surface area contributed by atoms with Crippen LogP contribution in [0.15, 0.2) is 11.8 Å². The molecule has 0 saturated carbocycles. The molecular weight excluding hydrogens is 192 g/mol. The van der Waals surface area contributed by atoms with Gasteiger partial charge in [0.2, 0.25) is 0 Å². The first-order valence-electron chi connectivity index (χ1n) is 3.61. The van der Waals surface area contributed by atoms with Gasteiger partial charge in [-0.2, -0.15) is 5.10 Å². The van der Waals surface area contributed by atoms with Crippen molar-refractivity contribution in [3.05, 3.63) is 22.5 Å². The third kappa shape index (κ3) is 2.32. The van der Waals surface area contributed by atoms with Crippen LogP contribution in [-0.4, -0.2) is 20.9 Å². The third-order valence-corrected chi connectivity index (χ3v) is 1.79. The number of aliphatic carboxylic acids is 1. The van der Waals surface area contributed by atoms with Crippen LogP contribution in [0.2, 0.25) is 5.02 Å². The van der Waals surface area contributed by atoms with Crippen LogP contribution in [0.3, 0.4) is 0 Å². The van der Waals surface area contributed by atoms with E-state index < -0.39 is 5.97 Å². The van der Waals surface area contributed by atoms with Crippen LogP contribution in [0.1, 0.15) is 12.6 Å². The van der Waals surface area contributed by atoms with E-state index in [-0.39, 0.29) is 5.57 Å². The first-order chi connectivity index (χ1) is 6.00. The molecule has 4 nitrogen and oxygen atoms in total. The summed E-state index contributed by atoms with van der Waals surface area (Å²) in [6, 6.07) is 0. The number of nitrogens with zero attached hydrogens (tertiary/aromatic N) is 2. The van der Waals surface area contributed by atoms with Crippen LogP contribution < -0.4 is 0 Å². The molecule has 0 unspecified atom stereocenters. The summed E-state index contributed by atoms with van der Waals surface area (Å²) in [6.07, 6.45) is 3.05. The van der Waals surface area contributed by atoms with Gasteiger partial charge in [-0.1, -0.05) is 11.6 Å². The molecule has 0 aliphatic rings. The Kier molecular flexibility index (Phi) is 2.72. The highest BCUT2D eigenvalue weighted by Crippen LogP contribution is 2.16. The van der Waals surface area contributed by atoms with Crippen LogP contribution in [0.4, 0.5) is 0 Å². The molecule has 1 rings (SSSR count). The molecule has 13 heavy (non-hydrogen) atoms. The van der Waals surface area contributed by atoms with E-state index in [1.165, 1.54) is 17.7 Å². The van der Waals surface area contributed by atoms with Crippen molar-refractivity contribution in [3.8, 4) is 0 Å². The summed E-state index contributed by atoms with van der Waals surface area (Å²) in [5, 5.41) is 13.0. The summed E-state index contributed by atoms with van der Waals surface area (Å²) >= 11 is 5.77. The number of aryl methyl sites for hydroxylation is 1. The van der Waals surface area contributed by atoms with Crippen molar-refractivity contribution >= 4 is 23.6 Å². The molecule has 0 spiro atoms. The smallest absolute Gasteiger partial charge is 0.331 e. The van der Waals surface area contributed by atoms with Gasteiger partial charge in [0, 0.05) is 18.8 Å². The predicted octanol–water partition coefficient (Wildman–Crippen LogP) is 1.56. The Morgan fingerprint density at radius 1 is 1.77 bits per heavy atom. The van der Waals surface area contributed by atoms with Crippen molar-refractivity contribution < 1.29 is 9.90 Å². The van der Waals surface area contributed by atoms with E-state index in [1.54, 1.807) is 13.2 Å². The summed E-state index contributed by atoms with van der Waals surface area (Å²) < 4.78 is 1.53. The Morgan fingerprint density at radius 2 is 2.38 bits per heavy atom. The maximum atomic E-state index is 10.5. The number of aromatic nitrogens is 2. The van der Waals surface area contributed by atoms with Crippen molar-refractivity contribution in [3.63, 3.8) is 0 Å². The molecule has 1 aromatic rings. The lowest BCUT2D eigenvalue weighted by atomic mass is 10.2. The van der Waals surface area contributed by atoms with Gasteiger partial charge in [0.1, 0.15) is 5.69 Å². The Hall–Kier alpha value is -1.29. The lowest BCUT2D eigenvalue weighted by Gasteiger charge is -1.90. The minimum Gasteiger partial charge on any atom is -0.478 e. The normalized spacial score (nSPS) is 11.8.